The normalized spacial score (nSPS) is 12.9. The summed E-state index contributed by atoms with van der Waals surface area (Å²) in [4.78, 5) is 62.1. The maximum Gasteiger partial charge on any atom is 0.243 e. The minimum absolute atomic E-state index is 0.0974. The van der Waals surface area contributed by atoms with E-state index >= 15 is 0 Å². The number of nitrogens with two attached hydrogens (primary N) is 1. The number of hydrogen-bond donors (Lipinski definition) is 5. The van der Waals surface area contributed by atoms with Crippen LogP contribution in [0.4, 0.5) is 0 Å². The van der Waals surface area contributed by atoms with Gasteiger partial charge < -0.3 is 36.5 Å². The molecule has 0 aromatic heterocycles. The van der Waals surface area contributed by atoms with Crippen LogP contribution >= 0.6 is 0 Å². The second-order valence-corrected chi connectivity index (χ2v) is 8.55. The molecule has 11 heteroatoms. The number of amides is 4. The van der Waals surface area contributed by atoms with E-state index in [4.69, 9.17) is 5.73 Å². The average molecular weight is 512 g/mol. The third-order valence-corrected chi connectivity index (χ3v) is 5.69. The number of nitrogens with one attached hydrogen (secondary N) is 3. The van der Waals surface area contributed by atoms with Crippen LogP contribution in [0.25, 0.3) is 0 Å². The highest BCUT2D eigenvalue weighted by molar-refractivity contribution is 5.93. The smallest absolute Gasteiger partial charge is 0.243 e. The molecule has 1 unspecified atom stereocenters. The summed E-state index contributed by atoms with van der Waals surface area (Å²) in [5.41, 5.74) is 7.49. The van der Waals surface area contributed by atoms with Gasteiger partial charge in [0.05, 0.1) is 19.1 Å². The summed E-state index contributed by atoms with van der Waals surface area (Å²) < 4.78 is 0. The maximum absolute atomic E-state index is 12.8. The van der Waals surface area contributed by atoms with Crippen molar-refractivity contribution in [2.75, 3.05) is 20.1 Å². The topological polar surface area (TPSA) is 171 Å². The van der Waals surface area contributed by atoms with Gasteiger partial charge >= 0.3 is 0 Å². The van der Waals surface area contributed by atoms with Crippen molar-refractivity contribution in [2.24, 2.45) is 5.73 Å². The van der Waals surface area contributed by atoms with E-state index in [1.165, 1.54) is 31.0 Å². The number of phenols is 1. The van der Waals surface area contributed by atoms with Crippen LogP contribution in [0, 0.1) is 0 Å². The number of benzene rings is 2. The quantitative estimate of drug-likeness (QED) is 0.221. The monoisotopic (exact) mass is 511 g/mol. The van der Waals surface area contributed by atoms with Crippen LogP contribution in [0.15, 0.2) is 54.6 Å². The van der Waals surface area contributed by atoms with Crippen molar-refractivity contribution in [3.8, 4) is 5.75 Å². The van der Waals surface area contributed by atoms with Crippen LogP contribution in [-0.2, 0) is 36.8 Å². The summed E-state index contributed by atoms with van der Waals surface area (Å²) >= 11 is 0. The first-order valence-electron chi connectivity index (χ1n) is 11.7. The number of carbonyl (C=O) groups excluding carboxylic acids is 5. The molecule has 2 aromatic rings. The van der Waals surface area contributed by atoms with Crippen LogP contribution in [0.5, 0.6) is 5.75 Å². The van der Waals surface area contributed by atoms with Gasteiger partial charge in [-0.1, -0.05) is 42.5 Å². The summed E-state index contributed by atoms with van der Waals surface area (Å²) in [7, 11) is 1.44. The third-order valence-electron chi connectivity index (χ3n) is 5.69. The first kappa shape index (κ1) is 29.0. The number of likely N-dealkylation sites (N-methyl/N-ethyl adjacent to an activating group) is 1. The Morgan fingerprint density at radius 1 is 0.919 bits per heavy atom. The van der Waals surface area contributed by atoms with Gasteiger partial charge in [0.25, 0.3) is 0 Å². The lowest BCUT2D eigenvalue weighted by Crippen LogP contribution is -2.54. The Morgan fingerprint density at radius 3 is 2.16 bits per heavy atom. The molecule has 0 aliphatic rings. The van der Waals surface area contributed by atoms with Gasteiger partial charge in [0.1, 0.15) is 24.1 Å². The van der Waals surface area contributed by atoms with Gasteiger partial charge in [-0.2, -0.15) is 0 Å². The molecule has 0 spiro atoms. The highest BCUT2D eigenvalue weighted by Crippen LogP contribution is 2.11. The zero-order chi connectivity index (χ0) is 27.4. The van der Waals surface area contributed by atoms with Gasteiger partial charge in [-0.05, 0) is 36.6 Å². The molecular weight excluding hydrogens is 478 g/mol. The lowest BCUT2D eigenvalue weighted by atomic mass is 10.0. The standard InChI is InChI=1S/C26H33N5O6/c1-17(30-25(36)21(27)14-19-8-10-20(33)11-9-19)24(35)29-16-23(34)31(2)22(26(37)28-12-13-32)15-18-6-4-3-5-7-18/h3-11,13,17,21-22,33H,12,14-16,27H2,1-2H3,(H,28,37)(H,29,35)(H,30,36)/t17-,21+,22?/m1/s1. The molecule has 4 amide bonds. The SMILES string of the molecule is C[C@@H](NC(=O)[C@@H](N)Cc1ccc(O)cc1)C(=O)NCC(=O)N(C)C(Cc1ccccc1)C(=O)NCC=O. The van der Waals surface area contributed by atoms with E-state index < -0.39 is 48.3 Å². The molecule has 0 heterocycles. The molecule has 3 atom stereocenters. The minimum Gasteiger partial charge on any atom is -0.508 e. The van der Waals surface area contributed by atoms with Crippen molar-refractivity contribution >= 4 is 29.9 Å². The predicted octanol–water partition coefficient (Wildman–Crippen LogP) is -0.732. The zero-order valence-electron chi connectivity index (χ0n) is 20.8. The fraction of sp³-hybridized carbons (Fsp3) is 0.346. The summed E-state index contributed by atoms with van der Waals surface area (Å²) in [6.07, 6.45) is 0.970. The average Bonchev–Trinajstić information content (AvgIpc) is 2.90. The first-order chi connectivity index (χ1) is 17.6. The van der Waals surface area contributed by atoms with E-state index in [2.05, 4.69) is 16.0 Å². The molecule has 0 radical (unpaired) electrons. The van der Waals surface area contributed by atoms with Crippen molar-refractivity contribution in [3.63, 3.8) is 0 Å². The number of hydrogen-bond acceptors (Lipinski definition) is 7. The van der Waals surface area contributed by atoms with Gasteiger partial charge in [0.2, 0.25) is 23.6 Å². The Labute approximate surface area is 215 Å². The Bertz CT molecular complexity index is 1080. The van der Waals surface area contributed by atoms with Crippen molar-refractivity contribution in [1.29, 1.82) is 0 Å². The van der Waals surface area contributed by atoms with E-state index in [9.17, 15) is 29.1 Å². The lowest BCUT2D eigenvalue weighted by molar-refractivity contribution is -0.139. The number of nitrogens with zero attached hydrogens (tertiary/aromatic N) is 1. The highest BCUT2D eigenvalue weighted by atomic mass is 16.3. The van der Waals surface area contributed by atoms with E-state index in [0.29, 0.717) is 6.29 Å². The molecule has 0 saturated heterocycles. The van der Waals surface area contributed by atoms with Crippen LogP contribution in [0.2, 0.25) is 0 Å². The lowest BCUT2D eigenvalue weighted by Gasteiger charge is -2.27. The van der Waals surface area contributed by atoms with E-state index in [1.54, 1.807) is 12.1 Å². The number of phenolic OH excluding ortho intramolecular Hbond substituents is 1. The van der Waals surface area contributed by atoms with E-state index in [-0.39, 0.29) is 25.1 Å². The highest BCUT2D eigenvalue weighted by Gasteiger charge is 2.28. The summed E-state index contributed by atoms with van der Waals surface area (Å²) in [5.74, 6) is -2.08. The Morgan fingerprint density at radius 2 is 1.54 bits per heavy atom. The van der Waals surface area contributed by atoms with Crippen LogP contribution in [0.1, 0.15) is 18.1 Å². The summed E-state index contributed by atoms with van der Waals surface area (Å²) in [6.45, 7) is 0.871. The fourth-order valence-electron chi connectivity index (χ4n) is 3.48. The first-order valence-corrected chi connectivity index (χ1v) is 11.7. The molecule has 0 bridgehead atoms. The molecule has 37 heavy (non-hydrogen) atoms. The van der Waals surface area contributed by atoms with Crippen molar-refractivity contribution in [1.82, 2.24) is 20.9 Å². The number of aldehydes is 1. The summed E-state index contributed by atoms with van der Waals surface area (Å²) in [6, 6.07) is 12.6. The van der Waals surface area contributed by atoms with E-state index in [0.717, 1.165) is 11.1 Å². The Balaban J connectivity index is 1.90. The summed E-state index contributed by atoms with van der Waals surface area (Å²) in [5, 5.41) is 16.8. The van der Waals surface area contributed by atoms with Crippen LogP contribution in [0.3, 0.4) is 0 Å². The van der Waals surface area contributed by atoms with Crippen molar-refractivity contribution in [3.05, 3.63) is 65.7 Å². The number of rotatable bonds is 13. The molecular formula is C26H33N5O6. The Kier molecular flexibility index (Phi) is 11.2. The van der Waals surface area contributed by atoms with Gasteiger partial charge in [-0.3, -0.25) is 19.2 Å². The number of aromatic hydroxyl groups is 1. The third kappa shape index (κ3) is 9.37. The van der Waals surface area contributed by atoms with Gasteiger partial charge in [0.15, 0.2) is 0 Å². The Hall–Kier alpha value is -4.25. The number of carbonyl (C=O) groups is 5. The fourth-order valence-corrected chi connectivity index (χ4v) is 3.48. The second kappa shape index (κ2) is 14.3. The molecule has 2 aromatic carbocycles. The molecule has 0 aliphatic carbocycles. The van der Waals surface area contributed by atoms with Crippen LogP contribution in [-0.4, -0.2) is 78.2 Å². The minimum atomic E-state index is -0.965. The zero-order valence-corrected chi connectivity index (χ0v) is 20.8. The molecule has 0 fully saturated rings. The molecule has 6 N–H and O–H groups in total. The van der Waals surface area contributed by atoms with Crippen molar-refractivity contribution in [2.45, 2.75) is 37.9 Å². The molecule has 0 aliphatic heterocycles. The molecule has 0 saturated carbocycles. The van der Waals surface area contributed by atoms with Gasteiger partial charge in [-0.15, -0.1) is 0 Å². The molecule has 198 valence electrons. The van der Waals surface area contributed by atoms with E-state index in [1.807, 2.05) is 30.3 Å². The second-order valence-electron chi connectivity index (χ2n) is 8.55. The van der Waals surface area contributed by atoms with Gasteiger partial charge in [0, 0.05) is 13.5 Å². The molecule has 11 nitrogen and oxygen atoms in total. The van der Waals surface area contributed by atoms with Gasteiger partial charge in [-0.25, -0.2) is 0 Å². The maximum atomic E-state index is 12.8. The molecule has 2 rings (SSSR count). The largest absolute Gasteiger partial charge is 0.508 e. The predicted molar refractivity (Wildman–Crippen MR) is 136 cm³/mol. The van der Waals surface area contributed by atoms with Crippen molar-refractivity contribution < 1.29 is 29.1 Å². The van der Waals surface area contributed by atoms with Crippen LogP contribution < -0.4 is 21.7 Å².